The van der Waals surface area contributed by atoms with Gasteiger partial charge in [-0.05, 0) is 60.7 Å². The van der Waals surface area contributed by atoms with E-state index in [2.05, 4.69) is 39.5 Å². The number of hydrogen-bond acceptors (Lipinski definition) is 6. The summed E-state index contributed by atoms with van der Waals surface area (Å²) in [7, 11) is 0. The Kier molecular flexibility index (Phi) is 6.50. The van der Waals surface area contributed by atoms with E-state index in [9.17, 15) is 14.7 Å². The third kappa shape index (κ3) is 4.72. The number of imide groups is 1. The number of benzene rings is 2. The number of aromatic nitrogens is 1. The number of carbonyl (C=O) groups excluding carboxylic acids is 2. The van der Waals surface area contributed by atoms with Gasteiger partial charge in [0.25, 0.3) is 0 Å². The maximum atomic E-state index is 16.0. The molecule has 3 aromatic rings. The van der Waals surface area contributed by atoms with Gasteiger partial charge in [0.2, 0.25) is 11.8 Å². The number of aliphatic hydroxyl groups is 1. The molecule has 3 unspecified atom stereocenters. The van der Waals surface area contributed by atoms with Gasteiger partial charge in [0.1, 0.15) is 5.82 Å². The number of likely N-dealkylation sites (tertiary alicyclic amines) is 1. The first-order valence-corrected chi connectivity index (χ1v) is 13.3. The van der Waals surface area contributed by atoms with Gasteiger partial charge in [0.15, 0.2) is 0 Å². The molecule has 6 rings (SSSR count). The number of piperidine rings is 2. The highest BCUT2D eigenvalue weighted by Gasteiger charge is 2.40. The first-order valence-electron chi connectivity index (χ1n) is 13.3. The predicted molar refractivity (Wildman–Crippen MR) is 140 cm³/mol. The number of fused-ring (bicyclic) bond motifs is 1. The third-order valence-electron chi connectivity index (χ3n) is 8.39. The Labute approximate surface area is 221 Å². The number of pyridine rings is 1. The van der Waals surface area contributed by atoms with Crippen LogP contribution >= 0.6 is 0 Å². The first-order chi connectivity index (χ1) is 18.3. The SMILES string of the molecule is CC1(O)CN(Cc2ccc(C3COC3)cc2)CCC1c1ccc2ncc(C3CCC(=O)NC3=O)cc2c1F. The summed E-state index contributed by atoms with van der Waals surface area (Å²) in [5.74, 6) is -1.48. The Morgan fingerprint density at radius 2 is 1.92 bits per heavy atom. The standard InChI is InChI=1S/C30H32FN3O4/c1-30(37)17-34(14-18-2-4-19(5-3-18)21-15-38-16-21)11-10-25(30)23-6-8-26-24(28(23)31)12-20(13-32-26)22-7-9-27(35)33-29(22)36/h2-6,8,12-13,21-22,25,37H,7,9-11,14-17H2,1H3,(H,33,35,36). The number of amides is 2. The van der Waals surface area contributed by atoms with Crippen LogP contribution in [0.2, 0.25) is 0 Å². The zero-order valence-electron chi connectivity index (χ0n) is 21.5. The van der Waals surface area contributed by atoms with Gasteiger partial charge in [0.05, 0.1) is 30.2 Å². The highest BCUT2D eigenvalue weighted by atomic mass is 19.1. The molecule has 2 aromatic carbocycles. The summed E-state index contributed by atoms with van der Waals surface area (Å²) in [5, 5.41) is 14.2. The van der Waals surface area contributed by atoms with Gasteiger partial charge in [-0.3, -0.25) is 24.8 Å². The summed E-state index contributed by atoms with van der Waals surface area (Å²) in [4.78, 5) is 30.5. The molecule has 0 saturated carbocycles. The normalized spacial score (nSPS) is 26.8. The van der Waals surface area contributed by atoms with E-state index in [1.807, 2.05) is 0 Å². The minimum atomic E-state index is -1.12. The number of ether oxygens (including phenoxy) is 1. The van der Waals surface area contributed by atoms with Gasteiger partial charge in [-0.2, -0.15) is 0 Å². The van der Waals surface area contributed by atoms with E-state index in [1.54, 1.807) is 31.3 Å². The van der Waals surface area contributed by atoms with Crippen molar-refractivity contribution in [2.45, 2.75) is 56.1 Å². The van der Waals surface area contributed by atoms with Crippen LogP contribution in [0.5, 0.6) is 0 Å². The van der Waals surface area contributed by atoms with Crippen LogP contribution < -0.4 is 5.32 Å². The van der Waals surface area contributed by atoms with Crippen molar-refractivity contribution in [3.63, 3.8) is 0 Å². The molecular weight excluding hydrogens is 485 g/mol. The second-order valence-electron chi connectivity index (χ2n) is 11.2. The minimum absolute atomic E-state index is 0.248. The van der Waals surface area contributed by atoms with Gasteiger partial charge in [-0.15, -0.1) is 0 Å². The molecule has 0 aliphatic carbocycles. The van der Waals surface area contributed by atoms with E-state index in [0.717, 1.165) is 26.3 Å². The molecule has 8 heteroatoms. The van der Waals surface area contributed by atoms with Crippen molar-refractivity contribution in [3.05, 3.63) is 76.7 Å². The fraction of sp³-hybridized carbons (Fsp3) is 0.433. The number of nitrogens with zero attached hydrogens (tertiary/aromatic N) is 2. The maximum Gasteiger partial charge on any atom is 0.234 e. The van der Waals surface area contributed by atoms with E-state index in [0.29, 0.717) is 47.3 Å². The monoisotopic (exact) mass is 517 g/mol. The molecule has 0 bridgehead atoms. The van der Waals surface area contributed by atoms with Gasteiger partial charge in [-0.1, -0.05) is 30.3 Å². The zero-order chi connectivity index (χ0) is 26.4. The summed E-state index contributed by atoms with van der Waals surface area (Å²) >= 11 is 0. The number of carbonyl (C=O) groups is 2. The van der Waals surface area contributed by atoms with E-state index in [1.165, 1.54) is 11.1 Å². The van der Waals surface area contributed by atoms with Gasteiger partial charge in [-0.25, -0.2) is 4.39 Å². The summed E-state index contributed by atoms with van der Waals surface area (Å²) in [5.41, 5.74) is 2.92. The smallest absolute Gasteiger partial charge is 0.234 e. The lowest BCUT2D eigenvalue weighted by molar-refractivity contribution is -0.134. The number of hydrogen-bond donors (Lipinski definition) is 2. The Balaban J connectivity index is 1.20. The molecule has 3 atom stereocenters. The molecule has 0 radical (unpaired) electrons. The van der Waals surface area contributed by atoms with Crippen molar-refractivity contribution in [3.8, 4) is 0 Å². The van der Waals surface area contributed by atoms with Crippen molar-refractivity contribution in [2.75, 3.05) is 26.3 Å². The van der Waals surface area contributed by atoms with Crippen LogP contribution in [0.25, 0.3) is 10.9 Å². The lowest BCUT2D eigenvalue weighted by Crippen LogP contribution is -2.50. The highest BCUT2D eigenvalue weighted by Crippen LogP contribution is 2.40. The number of halogens is 1. The van der Waals surface area contributed by atoms with E-state index < -0.39 is 17.3 Å². The van der Waals surface area contributed by atoms with Crippen LogP contribution in [0.3, 0.4) is 0 Å². The van der Waals surface area contributed by atoms with Crippen LogP contribution in [0.1, 0.15) is 66.2 Å². The fourth-order valence-corrected chi connectivity index (χ4v) is 6.14. The molecule has 3 aliphatic heterocycles. The molecule has 4 heterocycles. The average Bonchev–Trinajstić information content (AvgIpc) is 2.85. The number of rotatable bonds is 5. The molecule has 0 spiro atoms. The zero-order valence-corrected chi connectivity index (χ0v) is 21.5. The number of β-amino-alcohol motifs (C(OH)–C–C–N with tert-alkyl or cyclic N) is 1. The van der Waals surface area contributed by atoms with Crippen LogP contribution in [0.4, 0.5) is 4.39 Å². The quantitative estimate of drug-likeness (QED) is 0.501. The average molecular weight is 518 g/mol. The van der Waals surface area contributed by atoms with Crippen LogP contribution in [-0.2, 0) is 20.9 Å². The first kappa shape index (κ1) is 25.1. The van der Waals surface area contributed by atoms with Crippen molar-refractivity contribution >= 4 is 22.7 Å². The predicted octanol–water partition coefficient (Wildman–Crippen LogP) is 3.75. The van der Waals surface area contributed by atoms with Crippen molar-refractivity contribution in [1.29, 1.82) is 0 Å². The van der Waals surface area contributed by atoms with Gasteiger partial charge in [0, 0.05) is 42.9 Å². The maximum absolute atomic E-state index is 16.0. The molecule has 3 aliphatic rings. The topological polar surface area (TPSA) is 91.8 Å². The molecular formula is C30H32FN3O4. The summed E-state index contributed by atoms with van der Waals surface area (Å²) in [6.07, 6.45) is 2.83. The second-order valence-corrected chi connectivity index (χ2v) is 11.2. The summed E-state index contributed by atoms with van der Waals surface area (Å²) < 4.78 is 21.2. The van der Waals surface area contributed by atoms with E-state index >= 15 is 4.39 Å². The second kappa shape index (κ2) is 9.84. The van der Waals surface area contributed by atoms with Crippen LogP contribution in [-0.4, -0.2) is 58.7 Å². The third-order valence-corrected chi connectivity index (χ3v) is 8.39. The Morgan fingerprint density at radius 3 is 2.61 bits per heavy atom. The summed E-state index contributed by atoms with van der Waals surface area (Å²) in [6, 6.07) is 13.8. The molecule has 3 saturated heterocycles. The van der Waals surface area contributed by atoms with Crippen LogP contribution in [0, 0.1) is 5.82 Å². The molecule has 2 amide bonds. The molecule has 7 nitrogen and oxygen atoms in total. The molecule has 1 aromatic heterocycles. The molecule has 38 heavy (non-hydrogen) atoms. The Bertz CT molecular complexity index is 1390. The summed E-state index contributed by atoms with van der Waals surface area (Å²) in [6.45, 7) is 5.26. The van der Waals surface area contributed by atoms with Gasteiger partial charge < -0.3 is 9.84 Å². The van der Waals surface area contributed by atoms with Crippen molar-refractivity contribution in [2.24, 2.45) is 0 Å². The number of nitrogens with one attached hydrogen (secondary N) is 1. The van der Waals surface area contributed by atoms with Crippen molar-refractivity contribution in [1.82, 2.24) is 15.2 Å². The lowest BCUT2D eigenvalue weighted by Gasteiger charge is -2.43. The van der Waals surface area contributed by atoms with E-state index in [4.69, 9.17) is 4.74 Å². The molecule has 2 N–H and O–H groups in total. The van der Waals surface area contributed by atoms with Gasteiger partial charge >= 0.3 is 0 Å². The van der Waals surface area contributed by atoms with Crippen molar-refractivity contribution < 1.29 is 23.8 Å². The lowest BCUT2D eigenvalue weighted by atomic mass is 9.77. The fourth-order valence-electron chi connectivity index (χ4n) is 6.14. The Morgan fingerprint density at radius 1 is 1.13 bits per heavy atom. The Hall–Kier alpha value is -3.20. The highest BCUT2D eigenvalue weighted by molar-refractivity contribution is 6.01. The largest absolute Gasteiger partial charge is 0.388 e. The molecule has 198 valence electrons. The minimum Gasteiger partial charge on any atom is -0.388 e. The molecule has 3 fully saturated rings. The van der Waals surface area contributed by atoms with E-state index in [-0.39, 0.29) is 24.2 Å². The van der Waals surface area contributed by atoms with Crippen LogP contribution in [0.15, 0.2) is 48.7 Å².